The summed E-state index contributed by atoms with van der Waals surface area (Å²) in [5.74, 6) is 1.21. The Balaban J connectivity index is 0.00000420. The van der Waals surface area contributed by atoms with E-state index >= 15 is 0 Å². The van der Waals surface area contributed by atoms with Gasteiger partial charge in [-0.05, 0) is 30.5 Å². The van der Waals surface area contributed by atoms with Gasteiger partial charge in [0.1, 0.15) is 0 Å². The lowest BCUT2D eigenvalue weighted by Gasteiger charge is -2.26. The second kappa shape index (κ2) is 14.6. The fourth-order valence-corrected chi connectivity index (χ4v) is 3.00. The van der Waals surface area contributed by atoms with Crippen molar-refractivity contribution in [2.24, 2.45) is 10.9 Å². The first kappa shape index (κ1) is 25.6. The van der Waals surface area contributed by atoms with E-state index in [9.17, 15) is 4.79 Å². The topological polar surface area (TPSA) is 78.0 Å². The predicted octanol–water partition coefficient (Wildman–Crippen LogP) is 2.68. The molecule has 0 saturated carbocycles. The van der Waals surface area contributed by atoms with Crippen LogP contribution in [0, 0.1) is 5.92 Å². The van der Waals surface area contributed by atoms with Crippen molar-refractivity contribution in [3.63, 3.8) is 0 Å². The molecular formula is C21H36IN5O2. The lowest BCUT2D eigenvalue weighted by molar-refractivity contribution is -0.116. The molecule has 0 spiro atoms. The molecule has 1 aromatic rings. The van der Waals surface area contributed by atoms with Crippen LogP contribution in [0.1, 0.15) is 32.8 Å². The van der Waals surface area contributed by atoms with Crippen LogP contribution in [0.15, 0.2) is 29.3 Å². The Morgan fingerprint density at radius 2 is 2.00 bits per heavy atom. The highest BCUT2D eigenvalue weighted by molar-refractivity contribution is 14.0. The van der Waals surface area contributed by atoms with Gasteiger partial charge in [-0.3, -0.25) is 9.69 Å². The van der Waals surface area contributed by atoms with Crippen LogP contribution in [0.2, 0.25) is 0 Å². The maximum absolute atomic E-state index is 12.0. The SMILES string of the molecule is CCNC(=NCc1cccc(NC(=O)CC(C)C)c1)NCCN1CCOCC1.I. The van der Waals surface area contributed by atoms with Crippen molar-refractivity contribution in [2.75, 3.05) is 51.3 Å². The van der Waals surface area contributed by atoms with E-state index in [-0.39, 0.29) is 29.9 Å². The Hall–Kier alpha value is -1.39. The van der Waals surface area contributed by atoms with Crippen LogP contribution >= 0.6 is 24.0 Å². The molecule has 1 aliphatic heterocycles. The van der Waals surface area contributed by atoms with Crippen molar-refractivity contribution in [2.45, 2.75) is 33.7 Å². The molecule has 7 nitrogen and oxygen atoms in total. The van der Waals surface area contributed by atoms with Gasteiger partial charge in [0.2, 0.25) is 5.91 Å². The zero-order valence-corrected chi connectivity index (χ0v) is 20.2. The molecular weight excluding hydrogens is 481 g/mol. The number of ether oxygens (including phenoxy) is 1. The number of nitrogens with zero attached hydrogens (tertiary/aromatic N) is 2. The third-order valence-corrected chi connectivity index (χ3v) is 4.39. The summed E-state index contributed by atoms with van der Waals surface area (Å²) < 4.78 is 5.38. The van der Waals surface area contributed by atoms with Crippen LogP contribution < -0.4 is 16.0 Å². The normalized spacial score (nSPS) is 15.0. The van der Waals surface area contributed by atoms with Gasteiger partial charge in [-0.25, -0.2) is 4.99 Å². The molecule has 1 fully saturated rings. The zero-order valence-electron chi connectivity index (χ0n) is 17.9. The molecule has 1 heterocycles. The first-order chi connectivity index (χ1) is 13.6. The van der Waals surface area contributed by atoms with Gasteiger partial charge < -0.3 is 20.7 Å². The number of aliphatic imine (C=N–C) groups is 1. The van der Waals surface area contributed by atoms with E-state index in [1.807, 2.05) is 38.1 Å². The summed E-state index contributed by atoms with van der Waals surface area (Å²) in [6.07, 6.45) is 0.528. The van der Waals surface area contributed by atoms with Crippen LogP contribution in [0.25, 0.3) is 0 Å². The summed E-state index contributed by atoms with van der Waals surface area (Å²) in [5.41, 5.74) is 1.89. The first-order valence-corrected chi connectivity index (χ1v) is 10.3. The van der Waals surface area contributed by atoms with E-state index in [1.54, 1.807) is 0 Å². The molecule has 1 saturated heterocycles. The smallest absolute Gasteiger partial charge is 0.224 e. The maximum Gasteiger partial charge on any atom is 0.224 e. The minimum absolute atomic E-state index is 0. The monoisotopic (exact) mass is 517 g/mol. The number of hydrogen-bond donors (Lipinski definition) is 3. The van der Waals surface area contributed by atoms with Crippen LogP contribution in [-0.4, -0.2) is 62.7 Å². The number of halogens is 1. The Bertz CT molecular complexity index is 633. The average molecular weight is 517 g/mol. The Morgan fingerprint density at radius 1 is 1.24 bits per heavy atom. The van der Waals surface area contributed by atoms with Crippen molar-refractivity contribution in [3.05, 3.63) is 29.8 Å². The molecule has 164 valence electrons. The second-order valence-electron chi connectivity index (χ2n) is 7.42. The average Bonchev–Trinajstić information content (AvgIpc) is 2.66. The Labute approximate surface area is 192 Å². The number of morpholine rings is 1. The number of amides is 1. The molecule has 3 N–H and O–H groups in total. The third-order valence-electron chi connectivity index (χ3n) is 4.39. The maximum atomic E-state index is 12.0. The summed E-state index contributed by atoms with van der Waals surface area (Å²) in [6.45, 7) is 13.0. The van der Waals surface area contributed by atoms with E-state index in [4.69, 9.17) is 4.74 Å². The molecule has 1 aromatic carbocycles. The molecule has 0 unspecified atom stereocenters. The second-order valence-corrected chi connectivity index (χ2v) is 7.42. The van der Waals surface area contributed by atoms with E-state index in [0.717, 1.165) is 63.1 Å². The van der Waals surface area contributed by atoms with Crippen LogP contribution in [0.3, 0.4) is 0 Å². The molecule has 0 aromatic heterocycles. The molecule has 1 aliphatic rings. The van der Waals surface area contributed by atoms with Crippen LogP contribution in [-0.2, 0) is 16.1 Å². The van der Waals surface area contributed by atoms with Crippen molar-refractivity contribution >= 4 is 41.5 Å². The number of guanidine groups is 1. The van der Waals surface area contributed by atoms with Gasteiger partial charge in [0, 0.05) is 44.8 Å². The highest BCUT2D eigenvalue weighted by Gasteiger charge is 2.10. The number of anilines is 1. The van der Waals surface area contributed by atoms with Crippen molar-refractivity contribution < 1.29 is 9.53 Å². The van der Waals surface area contributed by atoms with E-state index in [0.29, 0.717) is 18.9 Å². The zero-order chi connectivity index (χ0) is 20.2. The van der Waals surface area contributed by atoms with Gasteiger partial charge >= 0.3 is 0 Å². The summed E-state index contributed by atoms with van der Waals surface area (Å²) in [7, 11) is 0. The number of carbonyl (C=O) groups is 1. The fraction of sp³-hybridized carbons (Fsp3) is 0.619. The van der Waals surface area contributed by atoms with Gasteiger partial charge in [0.05, 0.1) is 19.8 Å². The molecule has 0 radical (unpaired) electrons. The Kier molecular flexibility index (Phi) is 12.9. The van der Waals surface area contributed by atoms with E-state index in [2.05, 4.69) is 32.8 Å². The summed E-state index contributed by atoms with van der Waals surface area (Å²) in [5, 5.41) is 9.64. The van der Waals surface area contributed by atoms with Gasteiger partial charge in [0.25, 0.3) is 0 Å². The van der Waals surface area contributed by atoms with Gasteiger partial charge in [-0.1, -0.05) is 26.0 Å². The fourth-order valence-electron chi connectivity index (χ4n) is 3.00. The van der Waals surface area contributed by atoms with Crippen LogP contribution in [0.4, 0.5) is 5.69 Å². The molecule has 0 aliphatic carbocycles. The third kappa shape index (κ3) is 10.8. The van der Waals surface area contributed by atoms with Crippen molar-refractivity contribution in [1.82, 2.24) is 15.5 Å². The molecule has 0 bridgehead atoms. The van der Waals surface area contributed by atoms with Gasteiger partial charge in [0.15, 0.2) is 5.96 Å². The first-order valence-electron chi connectivity index (χ1n) is 10.3. The number of carbonyl (C=O) groups excluding carboxylic acids is 1. The number of benzene rings is 1. The van der Waals surface area contributed by atoms with E-state index in [1.165, 1.54) is 0 Å². The van der Waals surface area contributed by atoms with Crippen molar-refractivity contribution in [1.29, 1.82) is 0 Å². The lowest BCUT2D eigenvalue weighted by Crippen LogP contribution is -2.44. The van der Waals surface area contributed by atoms with Crippen LogP contribution in [0.5, 0.6) is 0 Å². The molecule has 29 heavy (non-hydrogen) atoms. The van der Waals surface area contributed by atoms with Crippen molar-refractivity contribution in [3.8, 4) is 0 Å². The minimum atomic E-state index is 0. The Morgan fingerprint density at radius 3 is 2.69 bits per heavy atom. The number of rotatable bonds is 9. The van der Waals surface area contributed by atoms with E-state index < -0.39 is 0 Å². The largest absolute Gasteiger partial charge is 0.379 e. The lowest BCUT2D eigenvalue weighted by atomic mass is 10.1. The number of hydrogen-bond acceptors (Lipinski definition) is 4. The number of nitrogens with one attached hydrogen (secondary N) is 3. The predicted molar refractivity (Wildman–Crippen MR) is 130 cm³/mol. The molecule has 2 rings (SSSR count). The summed E-state index contributed by atoms with van der Waals surface area (Å²) in [6, 6.07) is 7.88. The molecule has 1 amide bonds. The molecule has 0 atom stereocenters. The van der Waals surface area contributed by atoms with Gasteiger partial charge in [-0.2, -0.15) is 0 Å². The molecule has 8 heteroatoms. The summed E-state index contributed by atoms with van der Waals surface area (Å²) >= 11 is 0. The highest BCUT2D eigenvalue weighted by atomic mass is 127. The highest BCUT2D eigenvalue weighted by Crippen LogP contribution is 2.13. The standard InChI is InChI=1S/C21H35N5O2.HI/c1-4-22-21(23-8-9-26-10-12-28-13-11-26)24-16-18-6-5-7-19(15-18)25-20(27)14-17(2)3;/h5-7,15,17H,4,8-14,16H2,1-3H3,(H,25,27)(H2,22,23,24);1H. The quantitative estimate of drug-likeness (QED) is 0.267. The summed E-state index contributed by atoms with van der Waals surface area (Å²) in [4.78, 5) is 19.0. The minimum Gasteiger partial charge on any atom is -0.379 e. The van der Waals surface area contributed by atoms with Gasteiger partial charge in [-0.15, -0.1) is 24.0 Å².